The maximum Gasteiger partial charge on any atom is 0.326 e. The van der Waals surface area contributed by atoms with E-state index in [-0.39, 0.29) is 17.6 Å². The van der Waals surface area contributed by atoms with Crippen LogP contribution in [-0.2, 0) is 11.8 Å². The number of aromatic nitrogens is 1. The first-order valence-electron chi connectivity index (χ1n) is 6.54. The third-order valence-corrected chi connectivity index (χ3v) is 3.84. The van der Waals surface area contributed by atoms with Crippen LogP contribution in [0.4, 0.5) is 0 Å². The molecule has 1 fully saturated rings. The molecule has 0 bridgehead atoms. The molecule has 2 heterocycles. The Morgan fingerprint density at radius 2 is 2.00 bits per heavy atom. The first kappa shape index (κ1) is 14.3. The average Bonchev–Trinajstić information content (AvgIpc) is 2.91. The van der Waals surface area contributed by atoms with Gasteiger partial charge in [0.25, 0.3) is 5.91 Å². The second kappa shape index (κ2) is 5.11. The van der Waals surface area contributed by atoms with Gasteiger partial charge in [-0.1, -0.05) is 6.92 Å². The molecular weight excluding hydrogens is 260 g/mol. The van der Waals surface area contributed by atoms with Crippen LogP contribution in [0, 0.1) is 5.92 Å². The zero-order chi connectivity index (χ0) is 15.0. The summed E-state index contributed by atoms with van der Waals surface area (Å²) in [6.45, 7) is 3.69. The summed E-state index contributed by atoms with van der Waals surface area (Å²) in [6, 6.07) is 0.727. The van der Waals surface area contributed by atoms with Gasteiger partial charge in [0, 0.05) is 25.4 Å². The molecule has 1 aliphatic rings. The van der Waals surface area contributed by atoms with E-state index in [2.05, 4.69) is 0 Å². The summed E-state index contributed by atoms with van der Waals surface area (Å²) in [5.41, 5.74) is 0.797. The number of carbonyl (C=O) groups excluding carboxylic acids is 2. The Bertz CT molecular complexity index is 576. The minimum atomic E-state index is -0.982. The lowest BCUT2D eigenvalue weighted by Crippen LogP contribution is -2.43. The van der Waals surface area contributed by atoms with Gasteiger partial charge in [0.05, 0.1) is 0 Å². The molecule has 6 nitrogen and oxygen atoms in total. The zero-order valence-corrected chi connectivity index (χ0v) is 11.8. The fourth-order valence-electron chi connectivity index (χ4n) is 2.67. The zero-order valence-electron chi connectivity index (χ0n) is 11.8. The van der Waals surface area contributed by atoms with Crippen LogP contribution in [0.15, 0.2) is 12.3 Å². The molecular formula is C14H18N2O4. The predicted molar refractivity (Wildman–Crippen MR) is 71.7 cm³/mol. The molecule has 0 radical (unpaired) electrons. The van der Waals surface area contributed by atoms with Crippen molar-refractivity contribution in [1.82, 2.24) is 9.47 Å². The summed E-state index contributed by atoms with van der Waals surface area (Å²) >= 11 is 0. The number of likely N-dealkylation sites (tertiary alicyclic amines) is 1. The number of rotatable bonds is 3. The molecule has 20 heavy (non-hydrogen) atoms. The van der Waals surface area contributed by atoms with Crippen molar-refractivity contribution in [1.29, 1.82) is 0 Å². The van der Waals surface area contributed by atoms with Gasteiger partial charge in [-0.05, 0) is 25.3 Å². The number of aryl methyl sites for hydroxylation is 1. The van der Waals surface area contributed by atoms with E-state index >= 15 is 0 Å². The maximum atomic E-state index is 12.5. The van der Waals surface area contributed by atoms with Gasteiger partial charge in [0.2, 0.25) is 0 Å². The molecule has 1 aromatic heterocycles. The molecule has 0 saturated carbocycles. The predicted octanol–water partition coefficient (Wildman–Crippen LogP) is 1.16. The van der Waals surface area contributed by atoms with E-state index in [1.165, 1.54) is 17.9 Å². The molecule has 0 spiro atoms. The van der Waals surface area contributed by atoms with Crippen LogP contribution in [-0.4, -0.2) is 44.8 Å². The largest absolute Gasteiger partial charge is 0.480 e. The van der Waals surface area contributed by atoms with Crippen molar-refractivity contribution < 1.29 is 19.5 Å². The standard InChI is InChI=1S/C14H18N2O4/c1-8-4-5-16(12(8)14(19)20)13(18)11-6-10(9(2)17)7-15(11)3/h6-8,12H,4-5H2,1-3H3,(H,19,20). The van der Waals surface area contributed by atoms with Crippen LogP contribution in [0.1, 0.15) is 41.1 Å². The summed E-state index contributed by atoms with van der Waals surface area (Å²) < 4.78 is 1.57. The fraction of sp³-hybridized carbons (Fsp3) is 0.500. The Kier molecular flexibility index (Phi) is 3.65. The van der Waals surface area contributed by atoms with Gasteiger partial charge < -0.3 is 14.6 Å². The lowest BCUT2D eigenvalue weighted by molar-refractivity contribution is -0.142. The monoisotopic (exact) mass is 278 g/mol. The molecule has 1 saturated heterocycles. The van der Waals surface area contributed by atoms with E-state index in [1.807, 2.05) is 6.92 Å². The van der Waals surface area contributed by atoms with Crippen LogP contribution >= 0.6 is 0 Å². The topological polar surface area (TPSA) is 79.6 Å². The Morgan fingerprint density at radius 1 is 1.35 bits per heavy atom. The van der Waals surface area contributed by atoms with E-state index in [1.54, 1.807) is 17.8 Å². The highest BCUT2D eigenvalue weighted by atomic mass is 16.4. The Labute approximate surface area is 117 Å². The fourth-order valence-corrected chi connectivity index (χ4v) is 2.67. The highest BCUT2D eigenvalue weighted by Gasteiger charge is 2.40. The van der Waals surface area contributed by atoms with Crippen LogP contribution in [0.5, 0.6) is 0 Å². The normalized spacial score (nSPS) is 22.1. The number of carbonyl (C=O) groups is 3. The number of amides is 1. The van der Waals surface area contributed by atoms with E-state index < -0.39 is 12.0 Å². The molecule has 108 valence electrons. The van der Waals surface area contributed by atoms with Crippen molar-refractivity contribution in [3.05, 3.63) is 23.5 Å². The van der Waals surface area contributed by atoms with Gasteiger partial charge in [-0.3, -0.25) is 9.59 Å². The van der Waals surface area contributed by atoms with Gasteiger partial charge >= 0.3 is 5.97 Å². The summed E-state index contributed by atoms with van der Waals surface area (Å²) in [4.78, 5) is 36.5. The minimum Gasteiger partial charge on any atom is -0.480 e. The van der Waals surface area contributed by atoms with Crippen LogP contribution in [0.25, 0.3) is 0 Å². The van der Waals surface area contributed by atoms with E-state index in [9.17, 15) is 19.5 Å². The van der Waals surface area contributed by atoms with Gasteiger partial charge in [-0.2, -0.15) is 0 Å². The summed E-state index contributed by atoms with van der Waals surface area (Å²) in [5.74, 6) is -1.51. The third kappa shape index (κ3) is 2.33. The lowest BCUT2D eigenvalue weighted by Gasteiger charge is -2.23. The van der Waals surface area contributed by atoms with Crippen molar-refractivity contribution in [3.8, 4) is 0 Å². The number of Topliss-reactive ketones (excluding diaryl/α,β-unsaturated/α-hetero) is 1. The van der Waals surface area contributed by atoms with Crippen molar-refractivity contribution in [2.75, 3.05) is 6.54 Å². The number of carboxylic acids is 1. The van der Waals surface area contributed by atoms with E-state index in [4.69, 9.17) is 0 Å². The molecule has 1 aliphatic heterocycles. The minimum absolute atomic E-state index is 0.0657. The lowest BCUT2D eigenvalue weighted by atomic mass is 10.0. The van der Waals surface area contributed by atoms with E-state index in [0.717, 1.165) is 0 Å². The average molecular weight is 278 g/mol. The summed E-state index contributed by atoms with van der Waals surface area (Å²) in [6.07, 6.45) is 2.26. The molecule has 2 atom stereocenters. The number of ketones is 1. The SMILES string of the molecule is CC(=O)c1cc(C(=O)N2CCC(C)C2C(=O)O)n(C)c1. The maximum absolute atomic E-state index is 12.5. The molecule has 1 N–H and O–H groups in total. The second-order valence-corrected chi connectivity index (χ2v) is 5.33. The van der Waals surface area contributed by atoms with Gasteiger partial charge in [0.15, 0.2) is 5.78 Å². The van der Waals surface area contributed by atoms with Gasteiger partial charge in [0.1, 0.15) is 11.7 Å². The second-order valence-electron chi connectivity index (χ2n) is 5.33. The Balaban J connectivity index is 2.32. The van der Waals surface area contributed by atoms with Gasteiger partial charge in [-0.25, -0.2) is 4.79 Å². The van der Waals surface area contributed by atoms with Gasteiger partial charge in [-0.15, -0.1) is 0 Å². The highest BCUT2D eigenvalue weighted by Crippen LogP contribution is 2.26. The molecule has 6 heteroatoms. The molecule has 0 aromatic carbocycles. The number of nitrogens with zero attached hydrogens (tertiary/aromatic N) is 2. The molecule has 0 aliphatic carbocycles. The Hall–Kier alpha value is -2.11. The number of hydrogen-bond acceptors (Lipinski definition) is 3. The molecule has 2 unspecified atom stereocenters. The summed E-state index contributed by atoms with van der Waals surface area (Å²) in [5, 5.41) is 9.26. The third-order valence-electron chi connectivity index (χ3n) is 3.84. The van der Waals surface area contributed by atoms with Crippen molar-refractivity contribution in [3.63, 3.8) is 0 Å². The number of carboxylic acid groups (broad SMARTS) is 1. The first-order valence-corrected chi connectivity index (χ1v) is 6.54. The van der Waals surface area contributed by atoms with Crippen molar-refractivity contribution >= 4 is 17.7 Å². The molecule has 2 rings (SSSR count). The molecule has 1 aromatic rings. The quantitative estimate of drug-likeness (QED) is 0.841. The number of aliphatic carboxylic acids is 1. The first-order chi connectivity index (χ1) is 9.32. The smallest absolute Gasteiger partial charge is 0.326 e. The van der Waals surface area contributed by atoms with Crippen LogP contribution in [0.2, 0.25) is 0 Å². The van der Waals surface area contributed by atoms with E-state index in [0.29, 0.717) is 24.2 Å². The number of hydrogen-bond donors (Lipinski definition) is 1. The highest BCUT2D eigenvalue weighted by molar-refractivity contribution is 6.00. The van der Waals surface area contributed by atoms with Crippen molar-refractivity contribution in [2.45, 2.75) is 26.3 Å². The van der Waals surface area contributed by atoms with Crippen molar-refractivity contribution in [2.24, 2.45) is 13.0 Å². The molecule has 1 amide bonds. The van der Waals surface area contributed by atoms with Crippen LogP contribution in [0.3, 0.4) is 0 Å². The summed E-state index contributed by atoms with van der Waals surface area (Å²) in [7, 11) is 1.68. The Morgan fingerprint density at radius 3 is 2.50 bits per heavy atom. The van der Waals surface area contributed by atoms with Crippen LogP contribution < -0.4 is 0 Å².